The topological polar surface area (TPSA) is 73.1 Å². The van der Waals surface area contributed by atoms with Crippen molar-refractivity contribution in [3.63, 3.8) is 0 Å². The Hall–Kier alpha value is -2.00. The molecule has 1 unspecified atom stereocenters. The largest absolute Gasteiger partial charge is 0.376 e. The first-order valence-electron chi connectivity index (χ1n) is 7.76. The molecule has 0 saturated heterocycles. The second-order valence-corrected chi connectivity index (χ2v) is 6.35. The van der Waals surface area contributed by atoms with Crippen molar-refractivity contribution in [1.29, 1.82) is 5.26 Å². The van der Waals surface area contributed by atoms with Crippen LogP contribution in [0.1, 0.15) is 31.9 Å². The van der Waals surface area contributed by atoms with Crippen LogP contribution in [-0.2, 0) is 10.4 Å². The number of nitrogens with zero attached hydrogens (tertiary/aromatic N) is 1. The summed E-state index contributed by atoms with van der Waals surface area (Å²) in [6, 6.07) is 13.6. The molecule has 0 aromatic heterocycles. The maximum atomic E-state index is 12.4. The Morgan fingerprint density at radius 2 is 1.84 bits per heavy atom. The lowest BCUT2D eigenvalue weighted by atomic mass is 9.95. The Labute approximate surface area is 157 Å². The maximum absolute atomic E-state index is 12.4. The van der Waals surface area contributed by atoms with Gasteiger partial charge in [-0.05, 0) is 49.1 Å². The fourth-order valence-corrected chi connectivity index (χ4v) is 2.61. The van der Waals surface area contributed by atoms with Crippen LogP contribution in [0, 0.1) is 11.3 Å². The molecule has 25 heavy (non-hydrogen) atoms. The zero-order valence-corrected chi connectivity index (χ0v) is 16.2. The summed E-state index contributed by atoms with van der Waals surface area (Å²) in [6.45, 7) is 5.43. The molecule has 0 aliphatic rings. The average molecular weight is 377 g/mol. The van der Waals surface area contributed by atoms with E-state index in [0.717, 1.165) is 4.90 Å². The van der Waals surface area contributed by atoms with Gasteiger partial charge in [0.25, 0.3) is 5.91 Å². The van der Waals surface area contributed by atoms with E-state index in [1.807, 2.05) is 38.3 Å². The predicted molar refractivity (Wildman–Crippen MR) is 104 cm³/mol. The van der Waals surface area contributed by atoms with E-state index in [-0.39, 0.29) is 5.02 Å². The number of nitrogens with one attached hydrogen (secondary N) is 1. The number of benzene rings is 2. The lowest BCUT2D eigenvalue weighted by molar-refractivity contribution is -0.133. The second-order valence-electron chi connectivity index (χ2n) is 5.06. The zero-order chi connectivity index (χ0) is 19.0. The first-order chi connectivity index (χ1) is 11.9. The van der Waals surface area contributed by atoms with Gasteiger partial charge in [0.2, 0.25) is 0 Å². The molecule has 2 rings (SSSR count). The molecule has 2 N–H and O–H groups in total. The molecule has 0 radical (unpaired) electrons. The highest BCUT2D eigenvalue weighted by Crippen LogP contribution is 2.26. The van der Waals surface area contributed by atoms with Gasteiger partial charge >= 0.3 is 0 Å². The van der Waals surface area contributed by atoms with Gasteiger partial charge in [0, 0.05) is 10.6 Å². The summed E-state index contributed by atoms with van der Waals surface area (Å²) < 4.78 is 0. The SMILES string of the molecule is CC.CSc1ccc(C(C)(O)C(=O)Nc2ccc(C#N)c(Cl)c2)cc1. The molecule has 0 spiro atoms. The van der Waals surface area contributed by atoms with E-state index in [1.165, 1.54) is 19.1 Å². The minimum Gasteiger partial charge on any atom is -0.376 e. The molecule has 0 heterocycles. The predicted octanol–water partition coefficient (Wildman–Crippen LogP) is 4.81. The third-order valence-electron chi connectivity index (χ3n) is 3.44. The Kier molecular flexibility index (Phi) is 7.98. The summed E-state index contributed by atoms with van der Waals surface area (Å²) >= 11 is 7.52. The van der Waals surface area contributed by atoms with Crippen LogP contribution in [0.4, 0.5) is 5.69 Å². The Bertz CT molecular complexity index is 768. The summed E-state index contributed by atoms with van der Waals surface area (Å²) in [4.78, 5) is 13.4. The van der Waals surface area contributed by atoms with E-state index < -0.39 is 11.5 Å². The van der Waals surface area contributed by atoms with E-state index in [0.29, 0.717) is 16.8 Å². The maximum Gasteiger partial charge on any atom is 0.260 e. The number of nitriles is 1. The summed E-state index contributed by atoms with van der Waals surface area (Å²) in [5, 5.41) is 22.3. The Balaban J connectivity index is 0.00000151. The van der Waals surface area contributed by atoms with Gasteiger partial charge in [0.1, 0.15) is 6.07 Å². The molecule has 2 aromatic rings. The molecule has 1 atom stereocenters. The molecule has 132 valence electrons. The Morgan fingerprint density at radius 3 is 2.32 bits per heavy atom. The monoisotopic (exact) mass is 376 g/mol. The molecule has 4 nitrogen and oxygen atoms in total. The third-order valence-corrected chi connectivity index (χ3v) is 4.50. The first kappa shape index (κ1) is 21.0. The molecule has 6 heteroatoms. The van der Waals surface area contributed by atoms with Crippen molar-refractivity contribution in [3.05, 3.63) is 58.6 Å². The van der Waals surface area contributed by atoms with E-state index in [1.54, 1.807) is 30.0 Å². The number of carbonyl (C=O) groups excluding carboxylic acids is 1. The smallest absolute Gasteiger partial charge is 0.260 e. The molecular weight excluding hydrogens is 356 g/mol. The molecule has 0 aliphatic carbocycles. The van der Waals surface area contributed by atoms with E-state index >= 15 is 0 Å². The standard InChI is InChI=1S/C17H15ClN2O2S.C2H6/c1-17(22,12-4-7-14(23-2)8-5-12)16(21)20-13-6-3-11(10-19)15(18)9-13;1-2/h3-9,22H,1-2H3,(H,20,21);1-2H3. The number of hydrogen-bond acceptors (Lipinski definition) is 4. The number of halogens is 1. The van der Waals surface area contributed by atoms with Crippen molar-refractivity contribution < 1.29 is 9.90 Å². The van der Waals surface area contributed by atoms with Gasteiger partial charge in [-0.2, -0.15) is 5.26 Å². The number of rotatable bonds is 4. The van der Waals surface area contributed by atoms with Gasteiger partial charge in [-0.3, -0.25) is 4.79 Å². The number of hydrogen-bond donors (Lipinski definition) is 2. The van der Waals surface area contributed by atoms with Crippen molar-refractivity contribution in [3.8, 4) is 6.07 Å². The number of thioether (sulfide) groups is 1. The van der Waals surface area contributed by atoms with E-state index in [4.69, 9.17) is 16.9 Å². The molecule has 0 bridgehead atoms. The quantitative estimate of drug-likeness (QED) is 0.751. The molecule has 2 aromatic carbocycles. The second kappa shape index (κ2) is 9.47. The Morgan fingerprint density at radius 1 is 1.24 bits per heavy atom. The number of aliphatic hydroxyl groups is 1. The molecule has 0 fully saturated rings. The lowest BCUT2D eigenvalue weighted by Gasteiger charge is -2.23. The molecule has 0 aliphatic heterocycles. The van der Waals surface area contributed by atoms with Gasteiger partial charge in [0.05, 0.1) is 10.6 Å². The van der Waals surface area contributed by atoms with Crippen molar-refractivity contribution in [2.24, 2.45) is 0 Å². The summed E-state index contributed by atoms with van der Waals surface area (Å²) in [6.07, 6.45) is 1.95. The number of amides is 1. The first-order valence-corrected chi connectivity index (χ1v) is 9.36. The van der Waals surface area contributed by atoms with Crippen LogP contribution in [-0.4, -0.2) is 17.3 Å². The molecule has 0 saturated carbocycles. The highest BCUT2D eigenvalue weighted by atomic mass is 35.5. The van der Waals surface area contributed by atoms with Crippen LogP contribution < -0.4 is 5.32 Å². The molecular formula is C19H21ClN2O2S. The van der Waals surface area contributed by atoms with Crippen LogP contribution in [0.2, 0.25) is 5.02 Å². The van der Waals surface area contributed by atoms with Gasteiger partial charge in [0.15, 0.2) is 5.60 Å². The van der Waals surface area contributed by atoms with Crippen LogP contribution in [0.25, 0.3) is 0 Å². The van der Waals surface area contributed by atoms with Crippen LogP contribution in [0.3, 0.4) is 0 Å². The molecule has 1 amide bonds. The fourth-order valence-electron chi connectivity index (χ4n) is 1.98. The number of carbonyl (C=O) groups is 1. The van der Waals surface area contributed by atoms with Gasteiger partial charge in [-0.1, -0.05) is 37.6 Å². The summed E-state index contributed by atoms with van der Waals surface area (Å²) in [5.74, 6) is -0.574. The van der Waals surface area contributed by atoms with Crippen molar-refractivity contribution in [1.82, 2.24) is 0 Å². The van der Waals surface area contributed by atoms with Crippen LogP contribution in [0.15, 0.2) is 47.4 Å². The highest BCUT2D eigenvalue weighted by Gasteiger charge is 2.32. The lowest BCUT2D eigenvalue weighted by Crippen LogP contribution is -2.37. The van der Waals surface area contributed by atoms with Gasteiger partial charge in [-0.25, -0.2) is 0 Å². The highest BCUT2D eigenvalue weighted by molar-refractivity contribution is 7.98. The fraction of sp³-hybridized carbons (Fsp3) is 0.263. The minimum atomic E-state index is -1.68. The van der Waals surface area contributed by atoms with E-state index in [9.17, 15) is 9.90 Å². The summed E-state index contributed by atoms with van der Waals surface area (Å²) in [7, 11) is 0. The van der Waals surface area contributed by atoms with Gasteiger partial charge < -0.3 is 10.4 Å². The third kappa shape index (κ3) is 5.23. The minimum absolute atomic E-state index is 0.245. The zero-order valence-electron chi connectivity index (χ0n) is 14.6. The van der Waals surface area contributed by atoms with Crippen LogP contribution in [0.5, 0.6) is 0 Å². The van der Waals surface area contributed by atoms with E-state index in [2.05, 4.69) is 5.32 Å². The van der Waals surface area contributed by atoms with Crippen molar-refractivity contribution in [2.75, 3.05) is 11.6 Å². The van der Waals surface area contributed by atoms with Crippen LogP contribution >= 0.6 is 23.4 Å². The van der Waals surface area contributed by atoms with Gasteiger partial charge in [-0.15, -0.1) is 11.8 Å². The number of anilines is 1. The van der Waals surface area contributed by atoms with Crippen molar-refractivity contribution >= 4 is 35.0 Å². The normalized spacial score (nSPS) is 12.2. The average Bonchev–Trinajstić information content (AvgIpc) is 2.63. The summed E-state index contributed by atoms with van der Waals surface area (Å²) in [5.41, 5.74) is -0.450. The van der Waals surface area contributed by atoms with Crippen molar-refractivity contribution in [2.45, 2.75) is 31.3 Å².